The first-order chi connectivity index (χ1) is 18.8. The molecule has 0 aliphatic rings. The molecule has 0 radical (unpaired) electrons. The van der Waals surface area contributed by atoms with Crippen LogP contribution < -0.4 is 0 Å². The lowest BCUT2D eigenvalue weighted by Crippen LogP contribution is -2.01. The Balaban J connectivity index is 1.45. The minimum absolute atomic E-state index is 0.663. The first-order valence-electron chi connectivity index (χ1n) is 12.7. The summed E-state index contributed by atoms with van der Waals surface area (Å²) in [5.41, 5.74) is 5.33. The second kappa shape index (κ2) is 9.38. The molecule has 0 saturated heterocycles. The summed E-state index contributed by atoms with van der Waals surface area (Å²) in [6.07, 6.45) is 0. The van der Waals surface area contributed by atoms with Gasteiger partial charge >= 0.3 is 0 Å². The SMILES string of the molecule is c1ccc(-c2ccc3c(-c4nc(-c5ccccc5)nc(-c5cccc6ccccc56)n4)cccc3c2)cc1. The average Bonchev–Trinajstić information content (AvgIpc) is 3.01. The van der Waals surface area contributed by atoms with E-state index in [-0.39, 0.29) is 0 Å². The maximum Gasteiger partial charge on any atom is 0.164 e. The Hall–Kier alpha value is -5.15. The fourth-order valence-corrected chi connectivity index (χ4v) is 5.04. The molecule has 0 aliphatic heterocycles. The van der Waals surface area contributed by atoms with Gasteiger partial charge in [0.25, 0.3) is 0 Å². The molecule has 3 nitrogen and oxygen atoms in total. The summed E-state index contributed by atoms with van der Waals surface area (Å²) in [7, 11) is 0. The quantitative estimate of drug-likeness (QED) is 0.250. The van der Waals surface area contributed by atoms with Crippen LogP contribution in [-0.4, -0.2) is 15.0 Å². The molecule has 3 heteroatoms. The Kier molecular flexibility index (Phi) is 5.45. The van der Waals surface area contributed by atoms with E-state index in [1.165, 1.54) is 11.1 Å². The molecule has 1 heterocycles. The fraction of sp³-hybridized carbons (Fsp3) is 0. The van der Waals surface area contributed by atoms with Crippen molar-refractivity contribution in [1.82, 2.24) is 15.0 Å². The second-order valence-corrected chi connectivity index (χ2v) is 9.31. The van der Waals surface area contributed by atoms with Gasteiger partial charge in [0, 0.05) is 16.7 Å². The van der Waals surface area contributed by atoms with E-state index in [1.54, 1.807) is 0 Å². The maximum atomic E-state index is 5.06. The van der Waals surface area contributed by atoms with Gasteiger partial charge in [0.2, 0.25) is 0 Å². The van der Waals surface area contributed by atoms with Gasteiger partial charge in [0.05, 0.1) is 0 Å². The van der Waals surface area contributed by atoms with Gasteiger partial charge in [-0.2, -0.15) is 0 Å². The van der Waals surface area contributed by atoms with Crippen LogP contribution in [0.5, 0.6) is 0 Å². The molecule has 0 bridgehead atoms. The molecule has 178 valence electrons. The standard InChI is InChI=1S/C35H23N3/c1-3-11-24(12-4-1)27-21-22-30-28(23-27)17-10-20-32(30)35-37-33(26-14-5-2-6-15-26)36-34(38-35)31-19-9-16-25-13-7-8-18-29(25)31/h1-23H. The Labute approximate surface area is 221 Å². The van der Waals surface area contributed by atoms with Crippen molar-refractivity contribution < 1.29 is 0 Å². The summed E-state index contributed by atoms with van der Waals surface area (Å²) in [5, 5.41) is 4.54. The number of hydrogen-bond donors (Lipinski definition) is 0. The number of nitrogens with zero attached hydrogens (tertiary/aromatic N) is 3. The molecular weight excluding hydrogens is 462 g/mol. The highest BCUT2D eigenvalue weighted by Gasteiger charge is 2.15. The molecule has 7 rings (SSSR count). The summed E-state index contributed by atoms with van der Waals surface area (Å²) in [6, 6.07) is 48.1. The van der Waals surface area contributed by atoms with E-state index in [2.05, 4.69) is 103 Å². The molecule has 0 N–H and O–H groups in total. The van der Waals surface area contributed by atoms with Crippen LogP contribution in [0.4, 0.5) is 0 Å². The van der Waals surface area contributed by atoms with Crippen LogP contribution in [0.25, 0.3) is 66.8 Å². The van der Waals surface area contributed by atoms with Crippen LogP contribution in [-0.2, 0) is 0 Å². The van der Waals surface area contributed by atoms with Crippen molar-refractivity contribution in [2.24, 2.45) is 0 Å². The Morgan fingerprint density at radius 2 is 0.842 bits per heavy atom. The first-order valence-corrected chi connectivity index (χ1v) is 12.7. The van der Waals surface area contributed by atoms with Crippen LogP contribution in [0, 0.1) is 0 Å². The van der Waals surface area contributed by atoms with E-state index in [1.807, 2.05) is 36.4 Å². The van der Waals surface area contributed by atoms with Gasteiger partial charge in [0.15, 0.2) is 17.5 Å². The average molecular weight is 486 g/mol. The first kappa shape index (κ1) is 22.1. The number of fused-ring (bicyclic) bond motifs is 2. The van der Waals surface area contributed by atoms with E-state index >= 15 is 0 Å². The van der Waals surface area contributed by atoms with Gasteiger partial charge in [-0.15, -0.1) is 0 Å². The van der Waals surface area contributed by atoms with Gasteiger partial charge in [-0.1, -0.05) is 133 Å². The van der Waals surface area contributed by atoms with Crippen molar-refractivity contribution in [1.29, 1.82) is 0 Å². The highest BCUT2D eigenvalue weighted by molar-refractivity contribution is 5.98. The van der Waals surface area contributed by atoms with E-state index in [4.69, 9.17) is 15.0 Å². The molecule has 7 aromatic rings. The maximum absolute atomic E-state index is 5.06. The molecule has 0 unspecified atom stereocenters. The van der Waals surface area contributed by atoms with Gasteiger partial charge in [-0.25, -0.2) is 15.0 Å². The molecule has 6 aromatic carbocycles. The lowest BCUT2D eigenvalue weighted by Gasteiger charge is -2.12. The number of hydrogen-bond acceptors (Lipinski definition) is 3. The largest absolute Gasteiger partial charge is 0.208 e. The second-order valence-electron chi connectivity index (χ2n) is 9.31. The minimum atomic E-state index is 0.663. The third-order valence-electron chi connectivity index (χ3n) is 6.93. The van der Waals surface area contributed by atoms with E-state index in [0.717, 1.165) is 38.2 Å². The Morgan fingerprint density at radius 3 is 1.55 bits per heavy atom. The number of benzene rings is 6. The van der Waals surface area contributed by atoms with Crippen LogP contribution in [0.3, 0.4) is 0 Å². The summed E-state index contributed by atoms with van der Waals surface area (Å²) in [4.78, 5) is 15.0. The fourth-order valence-electron chi connectivity index (χ4n) is 5.04. The smallest absolute Gasteiger partial charge is 0.164 e. The van der Waals surface area contributed by atoms with Crippen molar-refractivity contribution >= 4 is 21.5 Å². The van der Waals surface area contributed by atoms with Gasteiger partial charge in [-0.3, -0.25) is 0 Å². The zero-order valence-corrected chi connectivity index (χ0v) is 20.6. The number of rotatable bonds is 4. The predicted molar refractivity (Wildman–Crippen MR) is 157 cm³/mol. The van der Waals surface area contributed by atoms with Gasteiger partial charge in [-0.05, 0) is 38.7 Å². The van der Waals surface area contributed by atoms with E-state index in [9.17, 15) is 0 Å². The lowest BCUT2D eigenvalue weighted by atomic mass is 9.98. The topological polar surface area (TPSA) is 38.7 Å². The van der Waals surface area contributed by atoms with Crippen molar-refractivity contribution in [3.8, 4) is 45.3 Å². The van der Waals surface area contributed by atoms with Crippen LogP contribution in [0.1, 0.15) is 0 Å². The van der Waals surface area contributed by atoms with Gasteiger partial charge in [0.1, 0.15) is 0 Å². The van der Waals surface area contributed by atoms with Crippen LogP contribution in [0.2, 0.25) is 0 Å². The third kappa shape index (κ3) is 4.00. The Morgan fingerprint density at radius 1 is 0.316 bits per heavy atom. The molecule has 0 fully saturated rings. The van der Waals surface area contributed by atoms with Gasteiger partial charge < -0.3 is 0 Å². The molecule has 0 atom stereocenters. The summed E-state index contributed by atoms with van der Waals surface area (Å²) >= 11 is 0. The minimum Gasteiger partial charge on any atom is -0.208 e. The predicted octanol–water partition coefficient (Wildman–Crippen LogP) is 8.85. The van der Waals surface area contributed by atoms with Crippen molar-refractivity contribution in [3.05, 3.63) is 140 Å². The monoisotopic (exact) mass is 485 g/mol. The molecular formula is C35H23N3. The number of aromatic nitrogens is 3. The van der Waals surface area contributed by atoms with Crippen molar-refractivity contribution in [2.45, 2.75) is 0 Å². The lowest BCUT2D eigenvalue weighted by molar-refractivity contribution is 1.08. The molecule has 0 amide bonds. The zero-order chi connectivity index (χ0) is 25.3. The molecule has 1 aromatic heterocycles. The summed E-state index contributed by atoms with van der Waals surface area (Å²) in [6.45, 7) is 0. The third-order valence-corrected chi connectivity index (χ3v) is 6.93. The molecule has 38 heavy (non-hydrogen) atoms. The Bertz CT molecular complexity index is 1910. The normalized spacial score (nSPS) is 11.2. The van der Waals surface area contributed by atoms with Crippen LogP contribution in [0.15, 0.2) is 140 Å². The zero-order valence-electron chi connectivity index (χ0n) is 20.6. The highest BCUT2D eigenvalue weighted by Crippen LogP contribution is 2.33. The van der Waals surface area contributed by atoms with E-state index in [0.29, 0.717) is 17.5 Å². The molecule has 0 saturated carbocycles. The summed E-state index contributed by atoms with van der Waals surface area (Å²) in [5.74, 6) is 2.00. The van der Waals surface area contributed by atoms with Crippen molar-refractivity contribution in [3.63, 3.8) is 0 Å². The van der Waals surface area contributed by atoms with Crippen molar-refractivity contribution in [2.75, 3.05) is 0 Å². The van der Waals surface area contributed by atoms with Crippen LogP contribution >= 0.6 is 0 Å². The highest BCUT2D eigenvalue weighted by atomic mass is 15.0. The summed E-state index contributed by atoms with van der Waals surface area (Å²) < 4.78 is 0. The van der Waals surface area contributed by atoms with E-state index < -0.39 is 0 Å². The molecule has 0 spiro atoms. The molecule has 0 aliphatic carbocycles.